The summed E-state index contributed by atoms with van der Waals surface area (Å²) in [6.45, 7) is 8.19. The van der Waals surface area contributed by atoms with E-state index >= 15 is 0 Å². The highest BCUT2D eigenvalue weighted by atomic mass is 16.5. The van der Waals surface area contributed by atoms with Gasteiger partial charge in [0, 0.05) is 6.20 Å². The van der Waals surface area contributed by atoms with Crippen molar-refractivity contribution in [3.8, 4) is 5.75 Å². The molecule has 112 valence electrons. The van der Waals surface area contributed by atoms with Gasteiger partial charge in [-0.25, -0.2) is 5.43 Å². The molecule has 0 aliphatic rings. The first kappa shape index (κ1) is 15.5. The molecule has 0 fully saturated rings. The maximum absolute atomic E-state index is 5.76. The van der Waals surface area contributed by atoms with Crippen LogP contribution in [0.3, 0.4) is 0 Å². The molecule has 4 heteroatoms. The van der Waals surface area contributed by atoms with E-state index in [0.717, 1.165) is 16.9 Å². The molecule has 0 radical (unpaired) electrons. The van der Waals surface area contributed by atoms with Crippen molar-refractivity contribution in [2.45, 2.75) is 39.8 Å². The van der Waals surface area contributed by atoms with Crippen molar-refractivity contribution in [1.82, 2.24) is 10.4 Å². The van der Waals surface area contributed by atoms with E-state index in [2.05, 4.69) is 42.5 Å². The fourth-order valence-electron chi connectivity index (χ4n) is 2.26. The summed E-state index contributed by atoms with van der Waals surface area (Å²) in [5.41, 5.74) is 7.48. The van der Waals surface area contributed by atoms with Crippen LogP contribution in [0.5, 0.6) is 5.75 Å². The number of nitrogens with one attached hydrogen (secondary N) is 1. The second-order valence-corrected chi connectivity index (χ2v) is 5.56. The first-order chi connectivity index (χ1) is 10.0. The lowest BCUT2D eigenvalue weighted by molar-refractivity contribution is 0.241. The standard InChI is InChI=1S/C17H23N3O/c1-11(2)21-16-8-15(9-19-10-16)17(20-18)14-6-5-12(3)13(4)7-14/h5-11,17,20H,18H2,1-4H3. The first-order valence-corrected chi connectivity index (χ1v) is 7.16. The van der Waals surface area contributed by atoms with E-state index in [1.54, 1.807) is 6.20 Å². The van der Waals surface area contributed by atoms with Crippen molar-refractivity contribution in [2.75, 3.05) is 0 Å². The fourth-order valence-corrected chi connectivity index (χ4v) is 2.26. The van der Waals surface area contributed by atoms with Crippen LogP contribution in [0, 0.1) is 13.8 Å². The summed E-state index contributed by atoms with van der Waals surface area (Å²) in [4.78, 5) is 4.25. The molecule has 1 atom stereocenters. The molecule has 1 unspecified atom stereocenters. The van der Waals surface area contributed by atoms with Crippen LogP contribution < -0.4 is 16.0 Å². The van der Waals surface area contributed by atoms with E-state index in [9.17, 15) is 0 Å². The summed E-state index contributed by atoms with van der Waals surface area (Å²) in [6, 6.07) is 8.22. The lowest BCUT2D eigenvalue weighted by Gasteiger charge is -2.19. The SMILES string of the molecule is Cc1ccc(C(NN)c2cncc(OC(C)C)c2)cc1C. The van der Waals surface area contributed by atoms with Gasteiger partial charge in [-0.05, 0) is 56.0 Å². The molecule has 2 aromatic rings. The molecule has 0 aliphatic heterocycles. The van der Waals surface area contributed by atoms with Crippen LogP contribution in [-0.4, -0.2) is 11.1 Å². The van der Waals surface area contributed by atoms with E-state index in [0.29, 0.717) is 0 Å². The normalized spacial score (nSPS) is 12.5. The molecule has 1 heterocycles. The Hall–Kier alpha value is -1.91. The second kappa shape index (κ2) is 6.70. The van der Waals surface area contributed by atoms with E-state index < -0.39 is 0 Å². The minimum absolute atomic E-state index is 0.104. The monoisotopic (exact) mass is 285 g/mol. The molecular formula is C17H23N3O. The Labute approximate surface area is 126 Å². The molecule has 4 nitrogen and oxygen atoms in total. The van der Waals surface area contributed by atoms with E-state index in [1.165, 1.54) is 11.1 Å². The number of nitrogens with two attached hydrogens (primary N) is 1. The number of nitrogens with zero attached hydrogens (tertiary/aromatic N) is 1. The molecule has 0 saturated carbocycles. The number of hydrogen-bond acceptors (Lipinski definition) is 4. The van der Waals surface area contributed by atoms with Gasteiger partial charge in [-0.3, -0.25) is 10.8 Å². The second-order valence-electron chi connectivity index (χ2n) is 5.56. The van der Waals surface area contributed by atoms with Crippen LogP contribution in [0.15, 0.2) is 36.7 Å². The fraction of sp³-hybridized carbons (Fsp3) is 0.353. The molecule has 0 spiro atoms. The summed E-state index contributed by atoms with van der Waals surface area (Å²) in [6.07, 6.45) is 3.65. The van der Waals surface area contributed by atoms with Gasteiger partial charge < -0.3 is 4.74 Å². The predicted molar refractivity (Wildman–Crippen MR) is 85.1 cm³/mol. The molecule has 1 aromatic carbocycles. The van der Waals surface area contributed by atoms with Crippen LogP contribution in [0.1, 0.15) is 42.1 Å². The third kappa shape index (κ3) is 3.80. The van der Waals surface area contributed by atoms with Crippen LogP contribution >= 0.6 is 0 Å². The minimum atomic E-state index is -0.104. The first-order valence-electron chi connectivity index (χ1n) is 7.16. The Bertz CT molecular complexity index is 611. The molecular weight excluding hydrogens is 262 g/mol. The molecule has 2 rings (SSSR count). The number of hydrogen-bond donors (Lipinski definition) is 2. The molecule has 0 aliphatic carbocycles. The summed E-state index contributed by atoms with van der Waals surface area (Å²) in [7, 11) is 0. The lowest BCUT2D eigenvalue weighted by Crippen LogP contribution is -2.29. The molecule has 1 aromatic heterocycles. The summed E-state index contributed by atoms with van der Waals surface area (Å²) in [5.74, 6) is 6.51. The Kier molecular flexibility index (Phi) is 4.94. The van der Waals surface area contributed by atoms with Crippen LogP contribution in [0.2, 0.25) is 0 Å². The van der Waals surface area contributed by atoms with Crippen LogP contribution in [-0.2, 0) is 0 Å². The van der Waals surface area contributed by atoms with Crippen molar-refractivity contribution in [2.24, 2.45) is 5.84 Å². The molecule has 21 heavy (non-hydrogen) atoms. The van der Waals surface area contributed by atoms with Gasteiger partial charge in [-0.2, -0.15) is 0 Å². The Morgan fingerprint density at radius 3 is 2.43 bits per heavy atom. The van der Waals surface area contributed by atoms with Crippen molar-refractivity contribution >= 4 is 0 Å². The van der Waals surface area contributed by atoms with Crippen LogP contribution in [0.25, 0.3) is 0 Å². The zero-order valence-corrected chi connectivity index (χ0v) is 13.1. The minimum Gasteiger partial charge on any atom is -0.489 e. The zero-order chi connectivity index (χ0) is 15.4. The molecule has 3 N–H and O–H groups in total. The number of ether oxygens (including phenoxy) is 1. The van der Waals surface area contributed by atoms with Crippen molar-refractivity contribution < 1.29 is 4.74 Å². The maximum atomic E-state index is 5.76. The predicted octanol–water partition coefficient (Wildman–Crippen LogP) is 3.04. The van der Waals surface area contributed by atoms with Gasteiger partial charge in [0.05, 0.1) is 18.3 Å². The average Bonchev–Trinajstić information content (AvgIpc) is 2.43. The van der Waals surface area contributed by atoms with Crippen LogP contribution in [0.4, 0.5) is 0 Å². The zero-order valence-electron chi connectivity index (χ0n) is 13.1. The van der Waals surface area contributed by atoms with Crippen molar-refractivity contribution in [1.29, 1.82) is 0 Å². The van der Waals surface area contributed by atoms with E-state index in [1.807, 2.05) is 26.1 Å². The van der Waals surface area contributed by atoms with Gasteiger partial charge in [-0.15, -0.1) is 0 Å². The van der Waals surface area contributed by atoms with Gasteiger partial charge in [0.15, 0.2) is 0 Å². The highest BCUT2D eigenvalue weighted by Gasteiger charge is 2.14. The van der Waals surface area contributed by atoms with Crippen molar-refractivity contribution in [3.05, 3.63) is 58.9 Å². The lowest BCUT2D eigenvalue weighted by atomic mass is 9.97. The molecule has 0 saturated heterocycles. The van der Waals surface area contributed by atoms with Gasteiger partial charge in [0.2, 0.25) is 0 Å². The number of aryl methyl sites for hydroxylation is 2. The Morgan fingerprint density at radius 1 is 1.05 bits per heavy atom. The highest BCUT2D eigenvalue weighted by molar-refractivity contribution is 5.38. The molecule has 0 bridgehead atoms. The van der Waals surface area contributed by atoms with Gasteiger partial charge in [0.1, 0.15) is 5.75 Å². The summed E-state index contributed by atoms with van der Waals surface area (Å²) < 4.78 is 5.70. The number of aromatic nitrogens is 1. The number of hydrazine groups is 1. The summed E-state index contributed by atoms with van der Waals surface area (Å²) in [5, 5.41) is 0. The van der Waals surface area contributed by atoms with E-state index in [4.69, 9.17) is 10.6 Å². The number of benzene rings is 1. The topological polar surface area (TPSA) is 60.2 Å². The Morgan fingerprint density at radius 2 is 1.81 bits per heavy atom. The van der Waals surface area contributed by atoms with Gasteiger partial charge >= 0.3 is 0 Å². The summed E-state index contributed by atoms with van der Waals surface area (Å²) >= 11 is 0. The maximum Gasteiger partial charge on any atom is 0.138 e. The number of pyridine rings is 1. The average molecular weight is 285 g/mol. The van der Waals surface area contributed by atoms with Crippen molar-refractivity contribution in [3.63, 3.8) is 0 Å². The van der Waals surface area contributed by atoms with Gasteiger partial charge in [0.25, 0.3) is 0 Å². The number of rotatable bonds is 5. The third-order valence-corrected chi connectivity index (χ3v) is 3.47. The molecule has 0 amide bonds. The van der Waals surface area contributed by atoms with E-state index in [-0.39, 0.29) is 12.1 Å². The quantitative estimate of drug-likeness (QED) is 0.655. The largest absolute Gasteiger partial charge is 0.489 e. The highest BCUT2D eigenvalue weighted by Crippen LogP contribution is 2.25. The smallest absolute Gasteiger partial charge is 0.138 e. The Balaban J connectivity index is 2.34. The van der Waals surface area contributed by atoms with Gasteiger partial charge in [-0.1, -0.05) is 18.2 Å². The third-order valence-electron chi connectivity index (χ3n) is 3.47.